The summed E-state index contributed by atoms with van der Waals surface area (Å²) in [5, 5.41) is 11.7. The van der Waals surface area contributed by atoms with E-state index in [1.54, 1.807) is 12.1 Å². The molecule has 3 atom stereocenters. The van der Waals surface area contributed by atoms with E-state index in [1.165, 1.54) is 0 Å². The van der Waals surface area contributed by atoms with Gasteiger partial charge in [0.1, 0.15) is 0 Å². The maximum Gasteiger partial charge on any atom is 0.410 e. The molecule has 1 N–H and O–H groups in total. The molecule has 0 spiro atoms. The minimum atomic E-state index is -0.876. The molecule has 3 rings (SSSR count). The number of nitrogens with zero attached hydrogens (tertiary/aromatic N) is 1. The minimum Gasteiger partial charge on any atom is -0.450 e. The monoisotopic (exact) mass is 309 g/mol. The summed E-state index contributed by atoms with van der Waals surface area (Å²) in [6, 6.07) is 7.47. The summed E-state index contributed by atoms with van der Waals surface area (Å²) in [5.74, 6) is 0. The van der Waals surface area contributed by atoms with Crippen LogP contribution in [0.25, 0.3) is 0 Å². The van der Waals surface area contributed by atoms with Crippen LogP contribution in [-0.2, 0) is 10.3 Å². The Bertz CT molecular complexity index is 517. The van der Waals surface area contributed by atoms with Crippen LogP contribution >= 0.6 is 11.6 Å². The fourth-order valence-electron chi connectivity index (χ4n) is 3.72. The predicted octanol–water partition coefficient (Wildman–Crippen LogP) is 3.31. The van der Waals surface area contributed by atoms with Crippen LogP contribution < -0.4 is 0 Å². The fraction of sp³-hybridized carbons (Fsp3) is 0.562. The van der Waals surface area contributed by atoms with E-state index in [-0.39, 0.29) is 18.2 Å². The number of carbonyl (C=O) groups excluding carboxylic acids is 1. The van der Waals surface area contributed by atoms with Crippen molar-refractivity contribution in [2.24, 2.45) is 0 Å². The molecule has 2 aliphatic rings. The van der Waals surface area contributed by atoms with Gasteiger partial charge in [0.15, 0.2) is 0 Å². The van der Waals surface area contributed by atoms with E-state index >= 15 is 0 Å². The molecule has 2 saturated heterocycles. The number of aliphatic hydroxyl groups is 1. The number of hydrogen-bond acceptors (Lipinski definition) is 3. The van der Waals surface area contributed by atoms with Crippen molar-refractivity contribution in [1.82, 2.24) is 4.90 Å². The summed E-state index contributed by atoms with van der Waals surface area (Å²) < 4.78 is 5.14. The second-order valence-corrected chi connectivity index (χ2v) is 6.37. The van der Waals surface area contributed by atoms with Gasteiger partial charge in [0, 0.05) is 29.9 Å². The minimum absolute atomic E-state index is 0.0588. The molecule has 1 unspecified atom stereocenters. The van der Waals surface area contributed by atoms with Gasteiger partial charge in [-0.05, 0) is 37.5 Å². The molecule has 0 aliphatic carbocycles. The van der Waals surface area contributed by atoms with E-state index in [0.29, 0.717) is 24.5 Å². The lowest BCUT2D eigenvalue weighted by molar-refractivity contribution is -0.0525. The normalized spacial score (nSPS) is 31.3. The number of carbonyl (C=O) groups is 1. The summed E-state index contributed by atoms with van der Waals surface area (Å²) in [5.41, 5.74) is 0.00619. The van der Waals surface area contributed by atoms with E-state index in [2.05, 4.69) is 0 Å². The molecule has 2 fully saturated rings. The average Bonchev–Trinajstić information content (AvgIpc) is 2.73. The van der Waals surface area contributed by atoms with E-state index in [9.17, 15) is 9.90 Å². The maximum atomic E-state index is 12.1. The predicted molar refractivity (Wildman–Crippen MR) is 80.3 cm³/mol. The van der Waals surface area contributed by atoms with Gasteiger partial charge in [-0.15, -0.1) is 0 Å². The van der Waals surface area contributed by atoms with Crippen LogP contribution in [0.2, 0.25) is 5.02 Å². The smallest absolute Gasteiger partial charge is 0.410 e. The number of hydrogen-bond donors (Lipinski definition) is 1. The Kier molecular flexibility index (Phi) is 3.84. The lowest BCUT2D eigenvalue weighted by Crippen LogP contribution is -2.52. The molecule has 0 saturated carbocycles. The number of piperidine rings is 1. The molecule has 4 nitrogen and oxygen atoms in total. The number of ether oxygens (including phenoxy) is 1. The Labute approximate surface area is 129 Å². The van der Waals surface area contributed by atoms with Crippen LogP contribution in [0, 0.1) is 0 Å². The lowest BCUT2D eigenvalue weighted by atomic mass is 9.81. The number of benzene rings is 1. The highest BCUT2D eigenvalue weighted by atomic mass is 35.5. The lowest BCUT2D eigenvalue weighted by Gasteiger charge is -2.43. The Hall–Kier alpha value is -1.26. The summed E-state index contributed by atoms with van der Waals surface area (Å²) in [6.45, 7) is 2.20. The zero-order valence-electron chi connectivity index (χ0n) is 12.1. The highest BCUT2D eigenvalue weighted by Crippen LogP contribution is 2.46. The molecule has 2 heterocycles. The summed E-state index contributed by atoms with van der Waals surface area (Å²) in [6.07, 6.45) is 2.73. The number of amides is 1. The molecular weight excluding hydrogens is 290 g/mol. The molecule has 0 aromatic heterocycles. The summed E-state index contributed by atoms with van der Waals surface area (Å²) in [7, 11) is 0. The van der Waals surface area contributed by atoms with Crippen molar-refractivity contribution in [2.75, 3.05) is 6.61 Å². The Morgan fingerprint density at radius 3 is 2.43 bits per heavy atom. The Balaban J connectivity index is 1.81. The molecule has 21 heavy (non-hydrogen) atoms. The van der Waals surface area contributed by atoms with Crippen LogP contribution in [0.4, 0.5) is 4.79 Å². The first-order valence-corrected chi connectivity index (χ1v) is 7.85. The quantitative estimate of drug-likeness (QED) is 0.912. The average molecular weight is 310 g/mol. The van der Waals surface area contributed by atoms with Gasteiger partial charge in [0.05, 0.1) is 12.2 Å². The van der Waals surface area contributed by atoms with E-state index < -0.39 is 5.60 Å². The Morgan fingerprint density at radius 2 is 1.90 bits per heavy atom. The first kappa shape index (κ1) is 14.7. The third-order valence-corrected chi connectivity index (χ3v) is 4.88. The largest absolute Gasteiger partial charge is 0.450 e. The number of halogens is 1. The van der Waals surface area contributed by atoms with Gasteiger partial charge in [-0.1, -0.05) is 23.7 Å². The molecule has 114 valence electrons. The Morgan fingerprint density at radius 1 is 1.33 bits per heavy atom. The van der Waals surface area contributed by atoms with E-state index in [4.69, 9.17) is 16.3 Å². The van der Waals surface area contributed by atoms with Crippen molar-refractivity contribution < 1.29 is 14.6 Å². The maximum absolute atomic E-state index is 12.1. The van der Waals surface area contributed by atoms with Crippen LogP contribution in [0.15, 0.2) is 24.3 Å². The summed E-state index contributed by atoms with van der Waals surface area (Å²) in [4.78, 5) is 13.9. The van der Waals surface area contributed by atoms with Crippen molar-refractivity contribution in [3.8, 4) is 0 Å². The van der Waals surface area contributed by atoms with Gasteiger partial charge in [-0.3, -0.25) is 0 Å². The number of rotatable bonds is 2. The third kappa shape index (κ3) is 2.62. The topological polar surface area (TPSA) is 49.8 Å². The van der Waals surface area contributed by atoms with E-state index in [0.717, 1.165) is 18.4 Å². The van der Waals surface area contributed by atoms with E-state index in [1.807, 2.05) is 24.0 Å². The highest BCUT2D eigenvalue weighted by Gasteiger charge is 2.50. The third-order valence-electron chi connectivity index (χ3n) is 4.63. The second-order valence-electron chi connectivity index (χ2n) is 5.94. The van der Waals surface area contributed by atoms with Gasteiger partial charge < -0.3 is 14.7 Å². The number of fused-ring (bicyclic) bond motifs is 2. The summed E-state index contributed by atoms with van der Waals surface area (Å²) >= 11 is 5.91. The highest BCUT2D eigenvalue weighted by molar-refractivity contribution is 6.30. The van der Waals surface area contributed by atoms with Crippen LogP contribution in [0.3, 0.4) is 0 Å². The SMILES string of the molecule is CCOC(=O)N1[C@@H]2CC[C@H]1CC(O)(c1ccc(Cl)cc1)C2. The first-order valence-electron chi connectivity index (χ1n) is 7.47. The molecular formula is C16H20ClNO3. The zero-order chi connectivity index (χ0) is 15.0. The standard InChI is InChI=1S/C16H20ClNO3/c1-2-21-15(19)18-13-7-8-14(18)10-16(20,9-13)11-3-5-12(17)6-4-11/h3-6,13-14,20H,2,7-10H2,1H3/t13-,14+,16?. The molecule has 1 aromatic carbocycles. The molecule has 2 aliphatic heterocycles. The molecule has 2 bridgehead atoms. The fourth-order valence-corrected chi connectivity index (χ4v) is 3.84. The molecule has 1 amide bonds. The van der Waals surface area contributed by atoms with Gasteiger partial charge in [-0.25, -0.2) is 4.79 Å². The molecule has 0 radical (unpaired) electrons. The van der Waals surface area contributed by atoms with Gasteiger partial charge in [0.2, 0.25) is 0 Å². The molecule has 5 heteroatoms. The van der Waals surface area contributed by atoms with Crippen LogP contribution in [-0.4, -0.2) is 34.8 Å². The van der Waals surface area contributed by atoms with Crippen molar-refractivity contribution >= 4 is 17.7 Å². The first-order chi connectivity index (χ1) is 10.0. The zero-order valence-corrected chi connectivity index (χ0v) is 12.8. The van der Waals surface area contributed by atoms with Gasteiger partial charge >= 0.3 is 6.09 Å². The second kappa shape index (κ2) is 5.50. The van der Waals surface area contributed by atoms with Crippen LogP contribution in [0.1, 0.15) is 38.2 Å². The van der Waals surface area contributed by atoms with Crippen molar-refractivity contribution in [2.45, 2.75) is 50.3 Å². The van der Waals surface area contributed by atoms with Gasteiger partial charge in [-0.2, -0.15) is 0 Å². The van der Waals surface area contributed by atoms with Crippen LogP contribution in [0.5, 0.6) is 0 Å². The van der Waals surface area contributed by atoms with Crippen molar-refractivity contribution in [3.63, 3.8) is 0 Å². The van der Waals surface area contributed by atoms with Crippen molar-refractivity contribution in [1.29, 1.82) is 0 Å². The van der Waals surface area contributed by atoms with Gasteiger partial charge in [0.25, 0.3) is 0 Å². The molecule has 1 aromatic rings. The van der Waals surface area contributed by atoms with Crippen molar-refractivity contribution in [3.05, 3.63) is 34.9 Å².